The number of fused-ring (bicyclic) bond motifs is 1. The van der Waals surface area contributed by atoms with Gasteiger partial charge in [-0.3, -0.25) is 24.2 Å². The zero-order chi connectivity index (χ0) is 15.1. The van der Waals surface area contributed by atoms with Crippen molar-refractivity contribution < 1.29 is 4.79 Å². The van der Waals surface area contributed by atoms with Crippen molar-refractivity contribution in [2.24, 2.45) is 14.1 Å². The predicted octanol–water partition coefficient (Wildman–Crippen LogP) is 0.879. The number of aromatic nitrogens is 3. The molecule has 7 nitrogen and oxygen atoms in total. The van der Waals surface area contributed by atoms with Gasteiger partial charge in [0.2, 0.25) is 0 Å². The minimum absolute atomic E-state index is 0.0542. The number of amides is 1. The summed E-state index contributed by atoms with van der Waals surface area (Å²) in [5, 5.41) is 5.18. The summed E-state index contributed by atoms with van der Waals surface area (Å²) in [5.74, 6) is -0.393. The maximum atomic E-state index is 12.1. The molecule has 2 heterocycles. The third-order valence-corrected chi connectivity index (χ3v) is 4.20. The number of nitrogens with zero attached hydrogens (tertiary/aromatic N) is 2. The molecule has 3 rings (SSSR count). The van der Waals surface area contributed by atoms with E-state index in [-0.39, 0.29) is 16.1 Å². The molecular formula is C13H12N4O3S. The molecule has 0 fully saturated rings. The molecule has 0 unspecified atom stereocenters. The van der Waals surface area contributed by atoms with Crippen molar-refractivity contribution in [1.29, 1.82) is 0 Å². The minimum Gasteiger partial charge on any atom is -0.321 e. The second-order valence-corrected chi connectivity index (χ2v) is 5.62. The lowest BCUT2D eigenvalue weighted by Gasteiger charge is -2.06. The van der Waals surface area contributed by atoms with Crippen LogP contribution in [0.15, 0.2) is 33.9 Å². The molecule has 0 atom stereocenters. The zero-order valence-electron chi connectivity index (χ0n) is 11.3. The number of rotatable bonds is 2. The van der Waals surface area contributed by atoms with Crippen LogP contribution in [0.4, 0.5) is 5.69 Å². The Labute approximate surface area is 122 Å². The highest BCUT2D eigenvalue weighted by molar-refractivity contribution is 7.16. The van der Waals surface area contributed by atoms with Crippen LogP contribution in [-0.4, -0.2) is 20.3 Å². The van der Waals surface area contributed by atoms with Crippen molar-refractivity contribution in [2.75, 3.05) is 5.32 Å². The van der Waals surface area contributed by atoms with Crippen molar-refractivity contribution in [2.45, 2.75) is 0 Å². The van der Waals surface area contributed by atoms with Gasteiger partial charge in [0.15, 0.2) is 0 Å². The molecule has 0 saturated carbocycles. The molecular weight excluding hydrogens is 292 g/mol. The maximum absolute atomic E-state index is 12.1. The number of hydrogen-bond acceptors (Lipinski definition) is 4. The Kier molecular flexibility index (Phi) is 3.02. The van der Waals surface area contributed by atoms with Crippen LogP contribution in [0.25, 0.3) is 10.2 Å². The average Bonchev–Trinajstić information content (AvgIpc) is 2.91. The van der Waals surface area contributed by atoms with Crippen molar-refractivity contribution in [3.8, 4) is 0 Å². The third kappa shape index (κ3) is 2.29. The summed E-state index contributed by atoms with van der Waals surface area (Å²) in [6.45, 7) is 0. The van der Waals surface area contributed by atoms with E-state index >= 15 is 0 Å². The first-order valence-electron chi connectivity index (χ1n) is 6.12. The lowest BCUT2D eigenvalue weighted by atomic mass is 10.3. The second kappa shape index (κ2) is 4.74. The van der Waals surface area contributed by atoms with Crippen LogP contribution < -0.4 is 15.7 Å². The Morgan fingerprint density at radius 2 is 2.00 bits per heavy atom. The molecule has 1 amide bonds. The van der Waals surface area contributed by atoms with Crippen molar-refractivity contribution >= 4 is 33.1 Å². The van der Waals surface area contributed by atoms with E-state index in [4.69, 9.17) is 0 Å². The fraction of sp³-hybridized carbons (Fsp3) is 0.154. The van der Waals surface area contributed by atoms with E-state index in [1.807, 2.05) is 0 Å². The summed E-state index contributed by atoms with van der Waals surface area (Å²) in [7, 11) is 3.27. The van der Waals surface area contributed by atoms with Gasteiger partial charge in [0.25, 0.3) is 11.5 Å². The van der Waals surface area contributed by atoms with Crippen LogP contribution in [-0.2, 0) is 14.1 Å². The Bertz CT molecular complexity index is 960. The van der Waals surface area contributed by atoms with E-state index in [1.165, 1.54) is 15.3 Å². The smallest absolute Gasteiger partial charge is 0.307 e. The van der Waals surface area contributed by atoms with Gasteiger partial charge in [-0.15, -0.1) is 0 Å². The average molecular weight is 304 g/mol. The molecule has 8 heteroatoms. The number of benzene rings is 1. The summed E-state index contributed by atoms with van der Waals surface area (Å²) < 4.78 is 3.74. The quantitative estimate of drug-likeness (QED) is 0.736. The van der Waals surface area contributed by atoms with Gasteiger partial charge in [0.1, 0.15) is 5.69 Å². The molecule has 0 aliphatic carbocycles. The number of anilines is 1. The minimum atomic E-state index is -0.393. The number of carbonyl (C=O) groups excluding carboxylic acids is 1. The summed E-state index contributed by atoms with van der Waals surface area (Å²) in [6, 6.07) is 6.47. The van der Waals surface area contributed by atoms with E-state index in [9.17, 15) is 14.4 Å². The topological polar surface area (TPSA) is 88.9 Å². The van der Waals surface area contributed by atoms with Crippen LogP contribution >= 0.6 is 11.3 Å². The molecule has 0 aliphatic heterocycles. The van der Waals surface area contributed by atoms with Crippen LogP contribution in [0.1, 0.15) is 10.5 Å². The largest absolute Gasteiger partial charge is 0.321 e. The van der Waals surface area contributed by atoms with E-state index < -0.39 is 5.91 Å². The highest BCUT2D eigenvalue weighted by atomic mass is 32.1. The normalized spacial score (nSPS) is 11.0. The molecule has 0 saturated heterocycles. The number of nitrogens with one attached hydrogen (secondary N) is 2. The summed E-state index contributed by atoms with van der Waals surface area (Å²) >= 11 is 1.15. The molecule has 0 spiro atoms. The van der Waals surface area contributed by atoms with Gasteiger partial charge in [-0.25, -0.2) is 0 Å². The molecule has 21 heavy (non-hydrogen) atoms. The molecule has 1 aromatic carbocycles. The number of H-pyrrole nitrogens is 1. The van der Waals surface area contributed by atoms with E-state index in [0.29, 0.717) is 5.69 Å². The van der Waals surface area contributed by atoms with Crippen molar-refractivity contribution in [3.63, 3.8) is 0 Å². The van der Waals surface area contributed by atoms with E-state index in [0.717, 1.165) is 21.6 Å². The monoisotopic (exact) mass is 304 g/mol. The summed E-state index contributed by atoms with van der Waals surface area (Å²) in [5.41, 5.74) is 1.22. The Hall–Kier alpha value is -2.61. The summed E-state index contributed by atoms with van der Waals surface area (Å²) in [6.07, 6.45) is 0. The number of hydrogen-bond donors (Lipinski definition) is 2. The summed E-state index contributed by atoms with van der Waals surface area (Å²) in [4.78, 5) is 34.9. The lowest BCUT2D eigenvalue weighted by Crippen LogP contribution is -2.16. The molecule has 0 aliphatic rings. The SMILES string of the molecule is Cn1[nH]c(=O)cc1C(=O)Nc1ccc2sc(=O)n(C)c2c1. The first-order chi connectivity index (χ1) is 9.95. The van der Waals surface area contributed by atoms with Crippen LogP contribution in [0.5, 0.6) is 0 Å². The van der Waals surface area contributed by atoms with Gasteiger partial charge in [-0.05, 0) is 18.2 Å². The van der Waals surface area contributed by atoms with Crippen molar-refractivity contribution in [3.05, 3.63) is 50.0 Å². The van der Waals surface area contributed by atoms with Crippen molar-refractivity contribution in [1.82, 2.24) is 14.3 Å². The maximum Gasteiger partial charge on any atom is 0.307 e. The molecule has 2 N–H and O–H groups in total. The fourth-order valence-electron chi connectivity index (χ4n) is 2.10. The van der Waals surface area contributed by atoms with Gasteiger partial charge < -0.3 is 9.88 Å². The lowest BCUT2D eigenvalue weighted by molar-refractivity contribution is 0.101. The van der Waals surface area contributed by atoms with Gasteiger partial charge in [0.05, 0.1) is 10.2 Å². The first-order valence-corrected chi connectivity index (χ1v) is 6.94. The standard InChI is InChI=1S/C13H12N4O3S/c1-16-8-5-7(3-4-10(8)21-13(16)20)14-12(19)9-6-11(18)15-17(9)2/h3-6H,1-2H3,(H,14,19)(H,15,18). The number of aromatic amines is 1. The molecule has 0 bridgehead atoms. The first kappa shape index (κ1) is 13.4. The third-order valence-electron chi connectivity index (χ3n) is 3.19. The number of aryl methyl sites for hydroxylation is 2. The van der Waals surface area contributed by atoms with Crippen LogP contribution in [0.3, 0.4) is 0 Å². The molecule has 108 valence electrons. The highest BCUT2D eigenvalue weighted by Gasteiger charge is 2.12. The van der Waals surface area contributed by atoms with Crippen LogP contribution in [0.2, 0.25) is 0 Å². The highest BCUT2D eigenvalue weighted by Crippen LogP contribution is 2.21. The Morgan fingerprint density at radius 3 is 2.67 bits per heavy atom. The van der Waals surface area contributed by atoms with E-state index in [1.54, 1.807) is 32.3 Å². The molecule has 0 radical (unpaired) electrons. The Balaban J connectivity index is 1.96. The Morgan fingerprint density at radius 1 is 1.24 bits per heavy atom. The van der Waals surface area contributed by atoms with Gasteiger partial charge >= 0.3 is 4.87 Å². The van der Waals surface area contributed by atoms with Gasteiger partial charge in [-0.2, -0.15) is 0 Å². The van der Waals surface area contributed by atoms with Crippen LogP contribution in [0, 0.1) is 0 Å². The number of carbonyl (C=O) groups is 1. The predicted molar refractivity (Wildman–Crippen MR) is 81.1 cm³/mol. The van der Waals surface area contributed by atoms with Gasteiger partial charge in [0, 0.05) is 25.8 Å². The van der Waals surface area contributed by atoms with Gasteiger partial charge in [-0.1, -0.05) is 11.3 Å². The molecule has 3 aromatic rings. The molecule has 2 aromatic heterocycles. The second-order valence-electron chi connectivity index (χ2n) is 4.63. The zero-order valence-corrected chi connectivity index (χ0v) is 12.2. The van der Waals surface area contributed by atoms with E-state index in [2.05, 4.69) is 10.4 Å². The number of thiazole rings is 1. The fourth-order valence-corrected chi connectivity index (χ4v) is 2.96.